The fraction of sp³-hybridized carbons (Fsp3) is 0.545. The third-order valence-electron chi connectivity index (χ3n) is 2.69. The maximum absolute atomic E-state index is 12.2. The average Bonchev–Trinajstić information content (AvgIpc) is 2.74. The molecule has 1 aromatic heterocycles. The first-order chi connectivity index (χ1) is 7.72. The lowest BCUT2D eigenvalue weighted by Gasteiger charge is -2.31. The number of hydrogen-bond donors (Lipinski definition) is 0. The Kier molecular flexibility index (Phi) is 4.33. The van der Waals surface area contributed by atoms with Crippen LogP contribution in [0.15, 0.2) is 15.9 Å². The van der Waals surface area contributed by atoms with Gasteiger partial charge in [0.2, 0.25) is 0 Å². The Morgan fingerprint density at radius 1 is 1.69 bits per heavy atom. The van der Waals surface area contributed by atoms with Gasteiger partial charge in [-0.1, -0.05) is 6.92 Å². The molecule has 0 saturated carbocycles. The van der Waals surface area contributed by atoms with Crippen LogP contribution in [0.5, 0.6) is 0 Å². The van der Waals surface area contributed by atoms with E-state index >= 15 is 0 Å². The molecule has 16 heavy (non-hydrogen) atoms. The highest BCUT2D eigenvalue weighted by molar-refractivity contribution is 9.10. The molecule has 1 atom stereocenters. The van der Waals surface area contributed by atoms with Crippen molar-refractivity contribution >= 4 is 44.9 Å². The molecule has 2 heterocycles. The number of hydrogen-bond acceptors (Lipinski definition) is 3. The highest BCUT2D eigenvalue weighted by atomic mass is 79.9. The van der Waals surface area contributed by atoms with Gasteiger partial charge in [0.25, 0.3) is 5.91 Å². The van der Waals surface area contributed by atoms with Gasteiger partial charge in [-0.05, 0) is 33.8 Å². The van der Waals surface area contributed by atoms with E-state index in [1.165, 1.54) is 11.3 Å². The van der Waals surface area contributed by atoms with E-state index in [0.29, 0.717) is 5.25 Å². The minimum absolute atomic E-state index is 0.181. The summed E-state index contributed by atoms with van der Waals surface area (Å²) in [7, 11) is 0. The van der Waals surface area contributed by atoms with E-state index in [-0.39, 0.29) is 5.91 Å². The zero-order valence-corrected chi connectivity index (χ0v) is 12.3. The first kappa shape index (κ1) is 12.5. The summed E-state index contributed by atoms with van der Waals surface area (Å²) in [5.74, 6) is 1.24. The molecule has 88 valence electrons. The monoisotopic (exact) mass is 319 g/mol. The van der Waals surface area contributed by atoms with Crippen LogP contribution in [0.3, 0.4) is 0 Å². The van der Waals surface area contributed by atoms with Crippen LogP contribution in [0.4, 0.5) is 0 Å². The molecule has 1 fully saturated rings. The SMILES string of the molecule is CCC1CN(C(=O)c2sccc2Br)CCS1. The molecule has 1 aliphatic heterocycles. The first-order valence-corrected chi connectivity index (χ1v) is 8.08. The van der Waals surface area contributed by atoms with Gasteiger partial charge in [-0.25, -0.2) is 0 Å². The predicted octanol–water partition coefficient (Wildman–Crippen LogP) is 3.48. The summed E-state index contributed by atoms with van der Waals surface area (Å²) in [5.41, 5.74) is 0. The van der Waals surface area contributed by atoms with Crippen molar-refractivity contribution in [3.05, 3.63) is 20.8 Å². The average molecular weight is 320 g/mol. The molecule has 1 saturated heterocycles. The zero-order valence-electron chi connectivity index (χ0n) is 9.11. The number of halogens is 1. The van der Waals surface area contributed by atoms with E-state index in [2.05, 4.69) is 22.9 Å². The Bertz CT molecular complexity index is 380. The largest absolute Gasteiger partial charge is 0.336 e. The summed E-state index contributed by atoms with van der Waals surface area (Å²) < 4.78 is 0.925. The first-order valence-electron chi connectivity index (χ1n) is 5.36. The Labute approximate surface area is 113 Å². The van der Waals surface area contributed by atoms with Gasteiger partial charge < -0.3 is 4.90 Å². The number of carbonyl (C=O) groups excluding carboxylic acids is 1. The second-order valence-corrected chi connectivity index (χ2v) is 6.93. The minimum atomic E-state index is 0.181. The van der Waals surface area contributed by atoms with Gasteiger partial charge in [0.05, 0.1) is 0 Å². The van der Waals surface area contributed by atoms with Crippen molar-refractivity contribution in [1.82, 2.24) is 4.90 Å². The molecular formula is C11H14BrNOS2. The van der Waals surface area contributed by atoms with Gasteiger partial charge in [0.1, 0.15) is 4.88 Å². The van der Waals surface area contributed by atoms with Gasteiger partial charge in [-0.3, -0.25) is 4.79 Å². The lowest BCUT2D eigenvalue weighted by Crippen LogP contribution is -2.41. The number of carbonyl (C=O) groups is 1. The van der Waals surface area contributed by atoms with Crippen LogP contribution in [0.25, 0.3) is 0 Å². The molecule has 2 nitrogen and oxygen atoms in total. The quantitative estimate of drug-likeness (QED) is 0.831. The molecule has 0 bridgehead atoms. The van der Waals surface area contributed by atoms with Crippen LogP contribution in [0.1, 0.15) is 23.0 Å². The van der Waals surface area contributed by atoms with E-state index in [9.17, 15) is 4.79 Å². The molecule has 0 radical (unpaired) electrons. The smallest absolute Gasteiger partial charge is 0.265 e. The Hall–Kier alpha value is -0.000000000000000111. The van der Waals surface area contributed by atoms with Crippen molar-refractivity contribution in [2.75, 3.05) is 18.8 Å². The molecule has 0 spiro atoms. The van der Waals surface area contributed by atoms with E-state index in [1.807, 2.05) is 28.1 Å². The molecule has 1 unspecified atom stereocenters. The fourth-order valence-electron chi connectivity index (χ4n) is 1.74. The van der Waals surface area contributed by atoms with Crippen LogP contribution < -0.4 is 0 Å². The summed E-state index contributed by atoms with van der Waals surface area (Å²) in [6.45, 7) is 3.96. The number of nitrogens with zero attached hydrogens (tertiary/aromatic N) is 1. The number of thioether (sulfide) groups is 1. The molecule has 5 heteroatoms. The molecule has 1 aliphatic rings. The summed E-state index contributed by atoms with van der Waals surface area (Å²) >= 11 is 6.92. The van der Waals surface area contributed by atoms with Crippen LogP contribution in [-0.2, 0) is 0 Å². The fourth-order valence-corrected chi connectivity index (χ4v) is 4.43. The van der Waals surface area contributed by atoms with Crippen molar-refractivity contribution in [2.24, 2.45) is 0 Å². The third kappa shape index (κ3) is 2.63. The molecule has 1 aromatic rings. The molecule has 0 N–H and O–H groups in total. The number of thiophene rings is 1. The summed E-state index contributed by atoms with van der Waals surface area (Å²) in [6, 6.07) is 1.94. The van der Waals surface area contributed by atoms with E-state index < -0.39 is 0 Å². The standard InChI is InChI=1S/C11H14BrNOS2/c1-2-8-7-13(4-6-15-8)11(14)10-9(12)3-5-16-10/h3,5,8H,2,4,6-7H2,1H3. The van der Waals surface area contributed by atoms with E-state index in [4.69, 9.17) is 0 Å². The van der Waals surface area contributed by atoms with Crippen LogP contribution >= 0.6 is 39.0 Å². The van der Waals surface area contributed by atoms with Gasteiger partial charge in [0.15, 0.2) is 0 Å². The van der Waals surface area contributed by atoms with Crippen molar-refractivity contribution in [3.63, 3.8) is 0 Å². The van der Waals surface area contributed by atoms with Gasteiger partial charge in [0, 0.05) is 28.6 Å². The minimum Gasteiger partial charge on any atom is -0.336 e. The third-order valence-corrected chi connectivity index (χ3v) is 5.89. The maximum Gasteiger partial charge on any atom is 0.265 e. The van der Waals surface area contributed by atoms with Crippen molar-refractivity contribution in [1.29, 1.82) is 0 Å². The highest BCUT2D eigenvalue weighted by Crippen LogP contribution is 2.27. The van der Waals surface area contributed by atoms with Crippen molar-refractivity contribution in [3.8, 4) is 0 Å². The summed E-state index contributed by atoms with van der Waals surface area (Å²) in [5, 5.41) is 2.56. The normalized spacial score (nSPS) is 21.1. The van der Waals surface area contributed by atoms with Gasteiger partial charge in [-0.15, -0.1) is 11.3 Å². The molecule has 0 aromatic carbocycles. The number of amides is 1. The second kappa shape index (κ2) is 5.56. The maximum atomic E-state index is 12.2. The molecular weight excluding hydrogens is 306 g/mol. The topological polar surface area (TPSA) is 20.3 Å². The molecule has 0 aliphatic carbocycles. The zero-order chi connectivity index (χ0) is 11.5. The summed E-state index contributed by atoms with van der Waals surface area (Å²) in [6.07, 6.45) is 1.14. The lowest BCUT2D eigenvalue weighted by molar-refractivity contribution is 0.0765. The Morgan fingerprint density at radius 2 is 2.50 bits per heavy atom. The molecule has 1 amide bonds. The van der Waals surface area contributed by atoms with Crippen molar-refractivity contribution < 1.29 is 4.79 Å². The lowest BCUT2D eigenvalue weighted by atomic mass is 10.3. The Balaban J connectivity index is 2.07. The summed E-state index contributed by atoms with van der Waals surface area (Å²) in [4.78, 5) is 15.1. The molecule has 2 rings (SSSR count). The number of rotatable bonds is 2. The highest BCUT2D eigenvalue weighted by Gasteiger charge is 2.25. The Morgan fingerprint density at radius 3 is 3.12 bits per heavy atom. The van der Waals surface area contributed by atoms with Gasteiger partial charge >= 0.3 is 0 Å². The van der Waals surface area contributed by atoms with E-state index in [1.54, 1.807) is 0 Å². The predicted molar refractivity (Wildman–Crippen MR) is 74.5 cm³/mol. The van der Waals surface area contributed by atoms with Crippen LogP contribution in [0, 0.1) is 0 Å². The van der Waals surface area contributed by atoms with Gasteiger partial charge in [-0.2, -0.15) is 11.8 Å². The second-order valence-electron chi connectivity index (χ2n) is 3.75. The van der Waals surface area contributed by atoms with Crippen molar-refractivity contribution in [2.45, 2.75) is 18.6 Å². The van der Waals surface area contributed by atoms with Crippen LogP contribution in [-0.4, -0.2) is 34.9 Å². The van der Waals surface area contributed by atoms with E-state index in [0.717, 1.165) is 34.6 Å². The van der Waals surface area contributed by atoms with Crippen LogP contribution in [0.2, 0.25) is 0 Å².